The number of rotatable bonds is 2. The summed E-state index contributed by atoms with van der Waals surface area (Å²) in [5.41, 5.74) is 0. The molecule has 0 aromatic rings. The van der Waals surface area contributed by atoms with E-state index in [2.05, 4.69) is 13.8 Å². The van der Waals surface area contributed by atoms with Gasteiger partial charge in [0.05, 0.1) is 0 Å². The van der Waals surface area contributed by atoms with Crippen molar-refractivity contribution in [3.63, 3.8) is 0 Å². The molecule has 1 atom stereocenters. The van der Waals surface area contributed by atoms with Gasteiger partial charge in [-0.05, 0) is 67.6 Å². The van der Waals surface area contributed by atoms with Crippen molar-refractivity contribution >= 4 is 0 Å². The highest BCUT2D eigenvalue weighted by Gasteiger charge is 2.49. The van der Waals surface area contributed by atoms with Gasteiger partial charge in [0.2, 0.25) is 0 Å². The second-order valence-electron chi connectivity index (χ2n) is 6.39. The van der Waals surface area contributed by atoms with Gasteiger partial charge in [-0.3, -0.25) is 0 Å². The summed E-state index contributed by atoms with van der Waals surface area (Å²) in [7, 11) is 0. The zero-order valence-corrected chi connectivity index (χ0v) is 9.71. The highest BCUT2D eigenvalue weighted by atomic mass is 14.5. The molecule has 4 bridgehead atoms. The van der Waals surface area contributed by atoms with Crippen molar-refractivity contribution in [1.29, 1.82) is 0 Å². The summed E-state index contributed by atoms with van der Waals surface area (Å²) in [5, 5.41) is 0. The van der Waals surface area contributed by atoms with Crippen LogP contribution in [0.2, 0.25) is 0 Å². The lowest BCUT2D eigenvalue weighted by atomic mass is 9.49. The van der Waals surface area contributed by atoms with E-state index < -0.39 is 0 Å². The molecule has 0 amide bonds. The first-order valence-electron chi connectivity index (χ1n) is 6.78. The maximum absolute atomic E-state index is 2.51. The van der Waals surface area contributed by atoms with E-state index in [1.54, 1.807) is 32.1 Å². The fraction of sp³-hybridized carbons (Fsp3) is 1.00. The summed E-state index contributed by atoms with van der Waals surface area (Å²) < 4.78 is 0. The molecule has 0 spiro atoms. The average molecular weight is 192 g/mol. The standard InChI is InChI=1S/C14H24/c1-3-9(2)14-12-5-10-4-11(7-12)8-13(14)6-10/h9-14H,3-8H2,1-2H3. The van der Waals surface area contributed by atoms with E-state index in [9.17, 15) is 0 Å². The summed E-state index contributed by atoms with van der Waals surface area (Å²) in [6.07, 6.45) is 9.40. The molecule has 0 radical (unpaired) electrons. The third-order valence-electron chi connectivity index (χ3n) is 5.60. The Balaban J connectivity index is 1.81. The molecule has 1 unspecified atom stereocenters. The van der Waals surface area contributed by atoms with Crippen molar-refractivity contribution < 1.29 is 0 Å². The lowest BCUT2D eigenvalue weighted by molar-refractivity contribution is -0.0589. The second-order valence-corrected chi connectivity index (χ2v) is 6.39. The normalized spacial score (nSPS) is 52.3. The molecule has 4 aliphatic rings. The molecular formula is C14H24. The van der Waals surface area contributed by atoms with Crippen molar-refractivity contribution in [2.24, 2.45) is 35.5 Å². The molecule has 0 aromatic heterocycles. The molecule has 0 nitrogen and oxygen atoms in total. The molecule has 4 fully saturated rings. The van der Waals surface area contributed by atoms with Gasteiger partial charge in [0.1, 0.15) is 0 Å². The van der Waals surface area contributed by atoms with Gasteiger partial charge in [-0.15, -0.1) is 0 Å². The van der Waals surface area contributed by atoms with E-state index in [1.807, 2.05) is 0 Å². The molecule has 0 aromatic carbocycles. The zero-order chi connectivity index (χ0) is 9.71. The Morgan fingerprint density at radius 3 is 1.86 bits per heavy atom. The van der Waals surface area contributed by atoms with Gasteiger partial charge in [-0.2, -0.15) is 0 Å². The van der Waals surface area contributed by atoms with Crippen molar-refractivity contribution in [2.75, 3.05) is 0 Å². The Kier molecular flexibility index (Phi) is 2.15. The van der Waals surface area contributed by atoms with Crippen LogP contribution >= 0.6 is 0 Å². The van der Waals surface area contributed by atoms with Gasteiger partial charge < -0.3 is 0 Å². The molecule has 80 valence electrons. The summed E-state index contributed by atoms with van der Waals surface area (Å²) in [6.45, 7) is 4.89. The van der Waals surface area contributed by atoms with Crippen LogP contribution in [0.25, 0.3) is 0 Å². The minimum absolute atomic E-state index is 1.00. The maximum Gasteiger partial charge on any atom is -0.0331 e. The van der Waals surface area contributed by atoms with E-state index in [4.69, 9.17) is 0 Å². The smallest absolute Gasteiger partial charge is 0.0331 e. The van der Waals surface area contributed by atoms with Gasteiger partial charge in [-0.25, -0.2) is 0 Å². The average Bonchev–Trinajstić information content (AvgIpc) is 2.15. The van der Waals surface area contributed by atoms with Gasteiger partial charge in [0.15, 0.2) is 0 Å². The first kappa shape index (κ1) is 9.24. The van der Waals surface area contributed by atoms with Crippen LogP contribution in [0.1, 0.15) is 52.4 Å². The molecule has 0 heterocycles. The quantitative estimate of drug-likeness (QED) is 0.618. The Morgan fingerprint density at radius 1 is 0.929 bits per heavy atom. The molecule has 4 aliphatic carbocycles. The van der Waals surface area contributed by atoms with E-state index in [-0.39, 0.29) is 0 Å². The van der Waals surface area contributed by atoms with E-state index >= 15 is 0 Å². The summed E-state index contributed by atoms with van der Waals surface area (Å²) in [6, 6.07) is 0. The lowest BCUT2D eigenvalue weighted by Crippen LogP contribution is -2.47. The van der Waals surface area contributed by atoms with Crippen LogP contribution < -0.4 is 0 Å². The topological polar surface area (TPSA) is 0 Å². The predicted molar refractivity (Wildman–Crippen MR) is 60.0 cm³/mol. The summed E-state index contributed by atoms with van der Waals surface area (Å²) >= 11 is 0. The Labute approximate surface area is 88.5 Å². The van der Waals surface area contributed by atoms with Crippen LogP contribution in [-0.4, -0.2) is 0 Å². The molecule has 0 saturated heterocycles. The molecule has 14 heavy (non-hydrogen) atoms. The van der Waals surface area contributed by atoms with Crippen molar-refractivity contribution in [3.8, 4) is 0 Å². The van der Waals surface area contributed by atoms with Gasteiger partial charge >= 0.3 is 0 Å². The molecular weight excluding hydrogens is 168 g/mol. The van der Waals surface area contributed by atoms with Crippen LogP contribution in [0.5, 0.6) is 0 Å². The van der Waals surface area contributed by atoms with E-state index in [0.717, 1.165) is 35.5 Å². The Morgan fingerprint density at radius 2 is 1.43 bits per heavy atom. The van der Waals surface area contributed by atoms with Crippen LogP contribution in [0.4, 0.5) is 0 Å². The van der Waals surface area contributed by atoms with Gasteiger partial charge in [0, 0.05) is 0 Å². The molecule has 0 N–H and O–H groups in total. The SMILES string of the molecule is CCC(C)C1C2CC3CC(C2)CC1C3. The first-order valence-corrected chi connectivity index (χ1v) is 6.78. The van der Waals surface area contributed by atoms with E-state index in [0.29, 0.717) is 0 Å². The minimum Gasteiger partial charge on any atom is -0.0651 e. The molecule has 0 heteroatoms. The number of hydrogen-bond donors (Lipinski definition) is 0. The predicted octanol–water partition coefficient (Wildman–Crippen LogP) is 4.10. The molecule has 4 rings (SSSR count). The zero-order valence-electron chi connectivity index (χ0n) is 9.71. The largest absolute Gasteiger partial charge is 0.0651 e. The van der Waals surface area contributed by atoms with Crippen LogP contribution in [-0.2, 0) is 0 Å². The van der Waals surface area contributed by atoms with Gasteiger partial charge in [0.25, 0.3) is 0 Å². The minimum atomic E-state index is 1.00. The Bertz CT molecular complexity index is 190. The lowest BCUT2D eigenvalue weighted by Gasteiger charge is -2.56. The Hall–Kier alpha value is 0. The second kappa shape index (κ2) is 3.25. The molecule has 4 saturated carbocycles. The third-order valence-corrected chi connectivity index (χ3v) is 5.60. The maximum atomic E-state index is 2.51. The van der Waals surface area contributed by atoms with Crippen LogP contribution in [0, 0.1) is 35.5 Å². The third kappa shape index (κ3) is 1.26. The van der Waals surface area contributed by atoms with Crippen LogP contribution in [0.15, 0.2) is 0 Å². The van der Waals surface area contributed by atoms with E-state index in [1.165, 1.54) is 6.42 Å². The van der Waals surface area contributed by atoms with Gasteiger partial charge in [-0.1, -0.05) is 20.3 Å². The van der Waals surface area contributed by atoms with Crippen LogP contribution in [0.3, 0.4) is 0 Å². The van der Waals surface area contributed by atoms with Crippen molar-refractivity contribution in [2.45, 2.75) is 52.4 Å². The highest BCUT2D eigenvalue weighted by molar-refractivity contribution is 4.99. The fourth-order valence-corrected chi connectivity index (χ4v) is 5.17. The van der Waals surface area contributed by atoms with Crippen molar-refractivity contribution in [1.82, 2.24) is 0 Å². The summed E-state index contributed by atoms with van der Waals surface area (Å²) in [5.74, 6) is 6.70. The fourth-order valence-electron chi connectivity index (χ4n) is 5.17. The molecule has 0 aliphatic heterocycles. The summed E-state index contributed by atoms with van der Waals surface area (Å²) in [4.78, 5) is 0. The monoisotopic (exact) mass is 192 g/mol. The highest BCUT2D eigenvalue weighted by Crippen LogP contribution is 2.58. The number of hydrogen-bond acceptors (Lipinski definition) is 0. The first-order chi connectivity index (χ1) is 6.78. The van der Waals surface area contributed by atoms with Crippen molar-refractivity contribution in [3.05, 3.63) is 0 Å².